The molecule has 1 heterocycles. The summed E-state index contributed by atoms with van der Waals surface area (Å²) in [4.78, 5) is 4.28. The van der Waals surface area contributed by atoms with Crippen molar-refractivity contribution in [2.24, 2.45) is 0 Å². The number of fused-ring (bicyclic) bond motifs is 1. The Bertz CT molecular complexity index is 465. The molecule has 0 aliphatic rings. The van der Waals surface area contributed by atoms with E-state index in [2.05, 4.69) is 16.4 Å². The van der Waals surface area contributed by atoms with Gasteiger partial charge in [0.1, 0.15) is 6.10 Å². The Balaban J connectivity index is 2.30. The zero-order valence-electron chi connectivity index (χ0n) is 9.60. The van der Waals surface area contributed by atoms with Gasteiger partial charge in [0.15, 0.2) is 0 Å². The third kappa shape index (κ3) is 2.31. The van der Waals surface area contributed by atoms with Crippen LogP contribution in [0.4, 0.5) is 0 Å². The van der Waals surface area contributed by atoms with Crippen molar-refractivity contribution in [2.75, 3.05) is 13.6 Å². The van der Waals surface area contributed by atoms with Crippen LogP contribution in [0.3, 0.4) is 0 Å². The lowest BCUT2D eigenvalue weighted by atomic mass is 10.2. The monoisotopic (exact) mass is 216 g/mol. The molecule has 1 aromatic carbocycles. The maximum Gasteiger partial charge on any atom is 0.221 e. The van der Waals surface area contributed by atoms with Gasteiger partial charge in [-0.15, -0.1) is 0 Å². The fourth-order valence-electron chi connectivity index (χ4n) is 1.71. The van der Waals surface area contributed by atoms with Crippen molar-refractivity contribution in [3.05, 3.63) is 36.5 Å². The minimum Gasteiger partial charge on any atom is -0.473 e. The van der Waals surface area contributed by atoms with Crippen molar-refractivity contribution in [1.82, 2.24) is 10.3 Å². The summed E-state index contributed by atoms with van der Waals surface area (Å²) in [6.45, 7) is 2.84. The fraction of sp³-hybridized carbons (Fsp3) is 0.308. The largest absolute Gasteiger partial charge is 0.473 e. The van der Waals surface area contributed by atoms with Crippen LogP contribution in [0.15, 0.2) is 36.5 Å². The highest BCUT2D eigenvalue weighted by molar-refractivity contribution is 5.86. The zero-order valence-corrected chi connectivity index (χ0v) is 9.60. The van der Waals surface area contributed by atoms with E-state index in [4.69, 9.17) is 4.74 Å². The molecule has 0 aliphatic heterocycles. The quantitative estimate of drug-likeness (QED) is 0.851. The molecule has 0 saturated carbocycles. The Morgan fingerprint density at radius 2 is 2.12 bits per heavy atom. The lowest BCUT2D eigenvalue weighted by Crippen LogP contribution is -2.26. The van der Waals surface area contributed by atoms with Crippen LogP contribution in [-0.4, -0.2) is 24.7 Å². The van der Waals surface area contributed by atoms with Gasteiger partial charge in [-0.2, -0.15) is 0 Å². The molecule has 2 aromatic rings. The number of benzene rings is 1. The highest BCUT2D eigenvalue weighted by Gasteiger charge is 2.07. The van der Waals surface area contributed by atoms with Crippen LogP contribution in [0, 0.1) is 0 Å². The summed E-state index contributed by atoms with van der Waals surface area (Å²) >= 11 is 0. The SMILES string of the molecule is CNCC(C)Oc1nccc2ccccc12. The standard InChI is InChI=1S/C13H16N2O/c1-10(9-14-2)16-13-12-6-4-3-5-11(12)7-8-15-13/h3-8,10,14H,9H2,1-2H3. The summed E-state index contributed by atoms with van der Waals surface area (Å²) in [6, 6.07) is 10.1. The molecule has 1 aromatic heterocycles. The van der Waals surface area contributed by atoms with Crippen LogP contribution in [-0.2, 0) is 0 Å². The molecule has 0 fully saturated rings. The molecule has 0 radical (unpaired) electrons. The van der Waals surface area contributed by atoms with Gasteiger partial charge in [-0.3, -0.25) is 0 Å². The Morgan fingerprint density at radius 3 is 2.94 bits per heavy atom. The molecule has 3 nitrogen and oxygen atoms in total. The van der Waals surface area contributed by atoms with Gasteiger partial charge in [0.05, 0.1) is 0 Å². The predicted molar refractivity (Wildman–Crippen MR) is 65.8 cm³/mol. The second kappa shape index (κ2) is 4.94. The molecule has 2 rings (SSSR count). The first-order valence-electron chi connectivity index (χ1n) is 5.46. The van der Waals surface area contributed by atoms with Crippen molar-refractivity contribution < 1.29 is 4.74 Å². The molecule has 0 amide bonds. The molecule has 0 bridgehead atoms. The molecule has 0 saturated heterocycles. The molecule has 3 heteroatoms. The van der Waals surface area contributed by atoms with Crippen LogP contribution in [0.5, 0.6) is 5.88 Å². The minimum atomic E-state index is 0.114. The normalized spacial score (nSPS) is 12.6. The second-order valence-corrected chi connectivity index (χ2v) is 3.82. The molecule has 1 atom stereocenters. The number of ether oxygens (including phenoxy) is 1. The number of rotatable bonds is 4. The van der Waals surface area contributed by atoms with Crippen LogP contribution in [0.2, 0.25) is 0 Å². The van der Waals surface area contributed by atoms with E-state index < -0.39 is 0 Å². The number of hydrogen-bond acceptors (Lipinski definition) is 3. The first-order chi connectivity index (χ1) is 7.81. The fourth-order valence-corrected chi connectivity index (χ4v) is 1.71. The van der Waals surface area contributed by atoms with Crippen molar-refractivity contribution in [3.8, 4) is 5.88 Å². The minimum absolute atomic E-state index is 0.114. The molecule has 84 valence electrons. The average molecular weight is 216 g/mol. The number of likely N-dealkylation sites (N-methyl/N-ethyl adjacent to an activating group) is 1. The summed E-state index contributed by atoms with van der Waals surface area (Å²) in [7, 11) is 1.91. The summed E-state index contributed by atoms with van der Waals surface area (Å²) < 4.78 is 5.79. The highest BCUT2D eigenvalue weighted by Crippen LogP contribution is 2.23. The van der Waals surface area contributed by atoms with Crippen molar-refractivity contribution in [2.45, 2.75) is 13.0 Å². The summed E-state index contributed by atoms with van der Waals surface area (Å²) in [6.07, 6.45) is 1.90. The molecule has 1 unspecified atom stereocenters. The number of pyridine rings is 1. The Kier molecular flexibility index (Phi) is 3.37. The van der Waals surface area contributed by atoms with E-state index in [1.807, 2.05) is 38.2 Å². The maximum atomic E-state index is 5.79. The smallest absolute Gasteiger partial charge is 0.221 e. The van der Waals surface area contributed by atoms with Crippen molar-refractivity contribution in [1.29, 1.82) is 0 Å². The summed E-state index contributed by atoms with van der Waals surface area (Å²) in [5, 5.41) is 5.30. The van der Waals surface area contributed by atoms with Gasteiger partial charge in [-0.05, 0) is 31.5 Å². The number of aromatic nitrogens is 1. The van der Waals surface area contributed by atoms with E-state index in [-0.39, 0.29) is 6.10 Å². The van der Waals surface area contributed by atoms with E-state index in [0.717, 1.165) is 17.3 Å². The first-order valence-corrected chi connectivity index (χ1v) is 5.46. The van der Waals surface area contributed by atoms with Crippen molar-refractivity contribution in [3.63, 3.8) is 0 Å². The van der Waals surface area contributed by atoms with Crippen LogP contribution >= 0.6 is 0 Å². The van der Waals surface area contributed by atoms with Gasteiger partial charge >= 0.3 is 0 Å². The number of nitrogens with zero attached hydrogens (tertiary/aromatic N) is 1. The summed E-state index contributed by atoms with van der Waals surface area (Å²) in [5.41, 5.74) is 0. The maximum absolute atomic E-state index is 5.79. The topological polar surface area (TPSA) is 34.1 Å². The molecule has 0 spiro atoms. The van der Waals surface area contributed by atoms with Crippen LogP contribution in [0.1, 0.15) is 6.92 Å². The number of nitrogens with one attached hydrogen (secondary N) is 1. The van der Waals surface area contributed by atoms with Gasteiger partial charge in [-0.1, -0.05) is 18.2 Å². The van der Waals surface area contributed by atoms with E-state index in [1.165, 1.54) is 0 Å². The third-order valence-electron chi connectivity index (χ3n) is 2.44. The molecular formula is C13H16N2O. The van der Waals surface area contributed by atoms with Gasteiger partial charge in [0.2, 0.25) is 5.88 Å². The molecule has 0 aliphatic carbocycles. The van der Waals surface area contributed by atoms with E-state index >= 15 is 0 Å². The van der Waals surface area contributed by atoms with Crippen LogP contribution < -0.4 is 10.1 Å². The van der Waals surface area contributed by atoms with Crippen LogP contribution in [0.25, 0.3) is 10.8 Å². The van der Waals surface area contributed by atoms with Crippen molar-refractivity contribution >= 4 is 10.8 Å². The highest BCUT2D eigenvalue weighted by atomic mass is 16.5. The summed E-state index contributed by atoms with van der Waals surface area (Å²) in [5.74, 6) is 0.709. The third-order valence-corrected chi connectivity index (χ3v) is 2.44. The first kappa shape index (κ1) is 10.9. The van der Waals surface area contributed by atoms with Gasteiger partial charge < -0.3 is 10.1 Å². The Hall–Kier alpha value is -1.61. The molecule has 1 N–H and O–H groups in total. The van der Waals surface area contributed by atoms with E-state index in [1.54, 1.807) is 6.20 Å². The van der Waals surface area contributed by atoms with Gasteiger partial charge in [-0.25, -0.2) is 4.98 Å². The number of hydrogen-bond donors (Lipinski definition) is 1. The Labute approximate surface area is 95.5 Å². The van der Waals surface area contributed by atoms with Gasteiger partial charge in [0.25, 0.3) is 0 Å². The van der Waals surface area contributed by atoms with E-state index in [0.29, 0.717) is 5.88 Å². The molecular weight excluding hydrogens is 200 g/mol. The Morgan fingerprint density at radius 1 is 1.31 bits per heavy atom. The predicted octanol–water partition coefficient (Wildman–Crippen LogP) is 2.22. The second-order valence-electron chi connectivity index (χ2n) is 3.82. The lowest BCUT2D eigenvalue weighted by molar-refractivity contribution is 0.215. The molecule has 16 heavy (non-hydrogen) atoms. The lowest BCUT2D eigenvalue weighted by Gasteiger charge is -2.14. The van der Waals surface area contributed by atoms with Gasteiger partial charge in [0, 0.05) is 18.1 Å². The zero-order chi connectivity index (χ0) is 11.4. The van der Waals surface area contributed by atoms with E-state index in [9.17, 15) is 0 Å². The average Bonchev–Trinajstić information content (AvgIpc) is 2.30.